The van der Waals surface area contributed by atoms with E-state index in [0.717, 1.165) is 0 Å². The average molecular weight is 480 g/mol. The van der Waals surface area contributed by atoms with Crippen molar-refractivity contribution in [1.82, 2.24) is 16.0 Å². The Labute approximate surface area is 187 Å². The van der Waals surface area contributed by atoms with E-state index in [2.05, 4.69) is 5.32 Å². The molecule has 14 nitrogen and oxygen atoms in total. The number of nitrogens with two attached hydrogens (primary N) is 1. The fourth-order valence-electron chi connectivity index (χ4n) is 2.30. The normalized spacial score (nSPS) is 14.3. The molecule has 0 aromatic rings. The Balaban J connectivity index is 5.21. The number of hydrogen-bond acceptors (Lipinski definition) is 9. The van der Waals surface area contributed by atoms with Crippen molar-refractivity contribution in [1.29, 1.82) is 0 Å². The van der Waals surface area contributed by atoms with Crippen LogP contribution < -0.4 is 21.7 Å². The molecule has 32 heavy (non-hydrogen) atoms. The minimum atomic E-state index is -1.69. The van der Waals surface area contributed by atoms with Gasteiger partial charge < -0.3 is 42.1 Å². The molecule has 0 aliphatic heterocycles. The van der Waals surface area contributed by atoms with Crippen LogP contribution in [0.15, 0.2) is 0 Å². The Morgan fingerprint density at radius 3 is 1.81 bits per heavy atom. The minimum Gasteiger partial charge on any atom is -0.481 e. The zero-order valence-corrected chi connectivity index (χ0v) is 18.1. The molecule has 4 atom stereocenters. The Bertz CT molecular complexity index is 705. The molecule has 0 aliphatic carbocycles. The molecular weight excluding hydrogens is 452 g/mol. The first kappa shape index (κ1) is 29.1. The zero-order chi connectivity index (χ0) is 24.8. The highest BCUT2D eigenvalue weighted by atomic mass is 32.2. The number of hydrogen-bond donors (Lipinski definition) is 8. The summed E-state index contributed by atoms with van der Waals surface area (Å²) in [6, 6.07) is -5.92. The van der Waals surface area contributed by atoms with Crippen molar-refractivity contribution in [2.45, 2.75) is 49.9 Å². The monoisotopic (exact) mass is 480 g/mol. The maximum atomic E-state index is 12.4. The number of rotatable bonds is 16. The third-order valence-corrected chi connectivity index (χ3v) is 4.70. The van der Waals surface area contributed by atoms with E-state index in [1.165, 1.54) is 11.8 Å². The van der Waals surface area contributed by atoms with Crippen LogP contribution in [-0.4, -0.2) is 98.8 Å². The molecule has 4 unspecified atom stereocenters. The van der Waals surface area contributed by atoms with Crippen LogP contribution in [-0.2, 0) is 28.8 Å². The van der Waals surface area contributed by atoms with Crippen LogP contribution in [0.4, 0.5) is 0 Å². The zero-order valence-electron chi connectivity index (χ0n) is 17.3. The Morgan fingerprint density at radius 1 is 0.812 bits per heavy atom. The first-order chi connectivity index (χ1) is 14.9. The smallest absolute Gasteiger partial charge is 0.326 e. The SMILES string of the molecule is CSCCC(N)C(=O)NC(CC(=O)O)C(=O)NC(CO)C(=O)NC(CCC(=O)O)C(=O)O. The molecule has 15 heteroatoms. The number of nitrogens with one attached hydrogen (secondary N) is 3. The summed E-state index contributed by atoms with van der Waals surface area (Å²) in [5, 5.41) is 42.3. The van der Waals surface area contributed by atoms with E-state index in [4.69, 9.17) is 21.1 Å². The van der Waals surface area contributed by atoms with Crippen LogP contribution in [0.3, 0.4) is 0 Å². The summed E-state index contributed by atoms with van der Waals surface area (Å²) < 4.78 is 0. The number of carboxylic acids is 3. The molecule has 0 bridgehead atoms. The lowest BCUT2D eigenvalue weighted by Gasteiger charge is -2.23. The predicted molar refractivity (Wildman–Crippen MR) is 111 cm³/mol. The first-order valence-electron chi connectivity index (χ1n) is 9.35. The highest BCUT2D eigenvalue weighted by Crippen LogP contribution is 2.02. The summed E-state index contributed by atoms with van der Waals surface area (Å²) in [6.07, 6.45) is 0.207. The largest absolute Gasteiger partial charge is 0.481 e. The van der Waals surface area contributed by atoms with Gasteiger partial charge >= 0.3 is 17.9 Å². The van der Waals surface area contributed by atoms with E-state index >= 15 is 0 Å². The molecular formula is C17H28N4O10S. The van der Waals surface area contributed by atoms with E-state index in [1.807, 2.05) is 10.6 Å². The average Bonchev–Trinajstić information content (AvgIpc) is 2.71. The van der Waals surface area contributed by atoms with Gasteiger partial charge in [0.2, 0.25) is 17.7 Å². The maximum absolute atomic E-state index is 12.4. The molecule has 182 valence electrons. The van der Waals surface area contributed by atoms with Gasteiger partial charge in [-0.3, -0.25) is 24.0 Å². The van der Waals surface area contributed by atoms with Gasteiger partial charge in [-0.2, -0.15) is 11.8 Å². The van der Waals surface area contributed by atoms with Crippen LogP contribution in [0.2, 0.25) is 0 Å². The van der Waals surface area contributed by atoms with Gasteiger partial charge in [0, 0.05) is 6.42 Å². The summed E-state index contributed by atoms with van der Waals surface area (Å²) >= 11 is 1.43. The van der Waals surface area contributed by atoms with Gasteiger partial charge in [0.25, 0.3) is 0 Å². The molecule has 0 fully saturated rings. The second kappa shape index (κ2) is 15.0. The molecule has 0 rings (SSSR count). The van der Waals surface area contributed by atoms with Gasteiger partial charge in [-0.15, -0.1) is 0 Å². The Morgan fingerprint density at radius 2 is 1.34 bits per heavy atom. The second-order valence-corrected chi connectivity index (χ2v) is 7.61. The van der Waals surface area contributed by atoms with Crippen molar-refractivity contribution < 1.29 is 49.2 Å². The third kappa shape index (κ3) is 11.5. The molecule has 0 radical (unpaired) electrons. The molecule has 0 aromatic heterocycles. The van der Waals surface area contributed by atoms with E-state index in [0.29, 0.717) is 5.75 Å². The molecule has 3 amide bonds. The minimum absolute atomic E-state index is 0.267. The highest BCUT2D eigenvalue weighted by Gasteiger charge is 2.31. The van der Waals surface area contributed by atoms with Crippen molar-refractivity contribution in [2.75, 3.05) is 18.6 Å². The van der Waals surface area contributed by atoms with Crippen molar-refractivity contribution in [3.8, 4) is 0 Å². The molecule has 0 aliphatic rings. The number of carbonyl (C=O) groups excluding carboxylic acids is 3. The fourth-order valence-corrected chi connectivity index (χ4v) is 2.79. The number of aliphatic hydroxyl groups is 1. The highest BCUT2D eigenvalue weighted by molar-refractivity contribution is 7.98. The lowest BCUT2D eigenvalue weighted by molar-refractivity contribution is -0.144. The van der Waals surface area contributed by atoms with Gasteiger partial charge in [-0.05, 0) is 24.9 Å². The van der Waals surface area contributed by atoms with Gasteiger partial charge in [0.1, 0.15) is 18.1 Å². The summed E-state index contributed by atoms with van der Waals surface area (Å²) in [4.78, 5) is 69.7. The first-order valence-corrected chi connectivity index (χ1v) is 10.7. The molecule has 0 spiro atoms. The van der Waals surface area contributed by atoms with Crippen LogP contribution in [0.1, 0.15) is 25.7 Å². The Kier molecular flexibility index (Phi) is 13.6. The standard InChI is InChI=1S/C17H28N4O10S/c1-32-5-4-8(18)14(27)20-10(6-13(25)26)15(28)21-11(7-22)16(29)19-9(17(30)31)2-3-12(23)24/h8-11,22H,2-7,18H2,1H3,(H,19,29)(H,20,27)(H,21,28)(H,23,24)(H,25,26)(H,30,31). The van der Waals surface area contributed by atoms with Crippen LogP contribution in [0.25, 0.3) is 0 Å². The lowest BCUT2D eigenvalue weighted by Crippen LogP contribution is -2.58. The molecule has 9 N–H and O–H groups in total. The summed E-state index contributed by atoms with van der Waals surface area (Å²) in [6.45, 7) is -0.982. The van der Waals surface area contributed by atoms with Crippen molar-refractivity contribution in [2.24, 2.45) is 5.73 Å². The van der Waals surface area contributed by atoms with Crippen molar-refractivity contribution in [3.05, 3.63) is 0 Å². The number of carboxylic acid groups (broad SMARTS) is 3. The summed E-state index contributed by atoms with van der Waals surface area (Å²) in [5.74, 6) is -6.76. The van der Waals surface area contributed by atoms with E-state index in [9.17, 15) is 33.9 Å². The number of thioether (sulfide) groups is 1. The quantitative estimate of drug-likeness (QED) is 0.110. The van der Waals surface area contributed by atoms with Gasteiger partial charge in [0.15, 0.2) is 0 Å². The number of amides is 3. The molecule has 0 saturated heterocycles. The van der Waals surface area contributed by atoms with E-state index in [1.54, 1.807) is 6.26 Å². The molecule has 0 saturated carbocycles. The van der Waals surface area contributed by atoms with Crippen molar-refractivity contribution >= 4 is 47.4 Å². The van der Waals surface area contributed by atoms with Crippen molar-refractivity contribution in [3.63, 3.8) is 0 Å². The predicted octanol–water partition coefficient (Wildman–Crippen LogP) is -3.06. The van der Waals surface area contributed by atoms with E-state index < -0.39 is 85.7 Å². The fraction of sp³-hybridized carbons (Fsp3) is 0.647. The van der Waals surface area contributed by atoms with Crippen LogP contribution in [0, 0.1) is 0 Å². The molecule has 0 heterocycles. The van der Waals surface area contributed by atoms with Gasteiger partial charge in [-0.1, -0.05) is 0 Å². The topological polar surface area (TPSA) is 245 Å². The number of aliphatic hydroxyl groups excluding tert-OH is 1. The number of aliphatic carboxylic acids is 3. The van der Waals surface area contributed by atoms with Gasteiger partial charge in [0.05, 0.1) is 19.1 Å². The third-order valence-electron chi connectivity index (χ3n) is 4.06. The second-order valence-electron chi connectivity index (χ2n) is 6.62. The molecule has 0 aromatic carbocycles. The van der Waals surface area contributed by atoms with Crippen LogP contribution >= 0.6 is 11.8 Å². The van der Waals surface area contributed by atoms with Crippen LogP contribution in [0.5, 0.6) is 0 Å². The summed E-state index contributed by atoms with van der Waals surface area (Å²) in [7, 11) is 0. The summed E-state index contributed by atoms with van der Waals surface area (Å²) in [5.41, 5.74) is 5.69. The number of carbonyl (C=O) groups is 6. The Hall–Kier alpha value is -2.91. The van der Waals surface area contributed by atoms with E-state index in [-0.39, 0.29) is 6.42 Å². The van der Waals surface area contributed by atoms with Gasteiger partial charge in [-0.25, -0.2) is 4.79 Å². The lowest BCUT2D eigenvalue weighted by atomic mass is 10.1. The maximum Gasteiger partial charge on any atom is 0.326 e.